The summed E-state index contributed by atoms with van der Waals surface area (Å²) in [6.07, 6.45) is 0. The Morgan fingerprint density at radius 2 is 2.05 bits per heavy atom. The summed E-state index contributed by atoms with van der Waals surface area (Å²) < 4.78 is 26.8. The molecule has 0 bridgehead atoms. The van der Waals surface area contributed by atoms with Crippen LogP contribution in [-0.2, 0) is 21.3 Å². The van der Waals surface area contributed by atoms with Gasteiger partial charge in [0.05, 0.1) is 12.0 Å². The number of nitrogens with one attached hydrogen (secondary N) is 1. The third-order valence-corrected chi connectivity index (χ3v) is 4.32. The van der Waals surface area contributed by atoms with Crippen molar-refractivity contribution in [2.75, 3.05) is 12.4 Å². The van der Waals surface area contributed by atoms with Crippen LogP contribution in [0.15, 0.2) is 34.5 Å². The maximum atomic E-state index is 11.3. The predicted octanol–water partition coefficient (Wildman–Crippen LogP) is 1.19. The van der Waals surface area contributed by atoms with E-state index in [2.05, 4.69) is 15.0 Å². The number of carbonyl (C=O) groups excluding carboxylic acids is 1. The number of esters is 1. The lowest BCUT2D eigenvalue weighted by Crippen LogP contribution is -2.12. The normalized spacial score (nSPS) is 11.1. The molecule has 0 unspecified atom stereocenters. The van der Waals surface area contributed by atoms with Crippen LogP contribution in [0.25, 0.3) is 0 Å². The van der Waals surface area contributed by atoms with Crippen molar-refractivity contribution in [3.63, 3.8) is 0 Å². The van der Waals surface area contributed by atoms with Crippen LogP contribution in [0.2, 0.25) is 0 Å². The van der Waals surface area contributed by atoms with E-state index in [4.69, 9.17) is 5.14 Å². The number of hydrogen-bond donors (Lipinski definition) is 2. The third-order valence-electron chi connectivity index (χ3n) is 2.59. The number of benzene rings is 1. The van der Waals surface area contributed by atoms with E-state index in [-0.39, 0.29) is 10.6 Å². The van der Waals surface area contributed by atoms with E-state index >= 15 is 0 Å². The number of sulfonamides is 1. The second-order valence-corrected chi connectivity index (χ2v) is 6.49. The van der Waals surface area contributed by atoms with E-state index in [9.17, 15) is 13.2 Å². The molecule has 0 aliphatic heterocycles. The Kier molecular flexibility index (Phi) is 4.56. The number of primary sulfonamides is 1. The van der Waals surface area contributed by atoms with Gasteiger partial charge >= 0.3 is 5.97 Å². The van der Waals surface area contributed by atoms with Crippen LogP contribution >= 0.6 is 11.3 Å². The number of hydrogen-bond acceptors (Lipinski definition) is 7. The van der Waals surface area contributed by atoms with Gasteiger partial charge in [-0.2, -0.15) is 0 Å². The zero-order valence-corrected chi connectivity index (χ0v) is 12.7. The zero-order valence-electron chi connectivity index (χ0n) is 11.1. The minimum absolute atomic E-state index is 0.0634. The molecule has 3 N–H and O–H groups in total. The molecule has 7 nitrogen and oxygen atoms in total. The molecule has 112 valence electrons. The Balaban J connectivity index is 2.00. The lowest BCUT2D eigenvalue weighted by atomic mass is 10.2. The summed E-state index contributed by atoms with van der Waals surface area (Å²) in [5.41, 5.74) is 1.10. The molecular weight excluding hydrogens is 314 g/mol. The van der Waals surface area contributed by atoms with Gasteiger partial charge in [-0.3, -0.25) is 0 Å². The Hall–Kier alpha value is -1.97. The van der Waals surface area contributed by atoms with Crippen molar-refractivity contribution in [1.82, 2.24) is 4.98 Å². The molecular formula is C12H13N3O4S2. The number of thiazole rings is 1. The van der Waals surface area contributed by atoms with Crippen LogP contribution in [0.5, 0.6) is 0 Å². The largest absolute Gasteiger partial charge is 0.464 e. The molecule has 2 rings (SSSR count). The van der Waals surface area contributed by atoms with E-state index in [0.717, 1.165) is 5.56 Å². The van der Waals surface area contributed by atoms with Crippen molar-refractivity contribution < 1.29 is 17.9 Å². The smallest absolute Gasteiger partial charge is 0.357 e. The molecule has 0 fully saturated rings. The van der Waals surface area contributed by atoms with Crippen molar-refractivity contribution in [3.05, 3.63) is 40.9 Å². The van der Waals surface area contributed by atoms with E-state index in [1.165, 1.54) is 30.6 Å². The van der Waals surface area contributed by atoms with Gasteiger partial charge in [0.25, 0.3) is 0 Å². The van der Waals surface area contributed by atoms with Crippen molar-refractivity contribution in [1.29, 1.82) is 0 Å². The quantitative estimate of drug-likeness (QED) is 0.798. The van der Waals surface area contributed by atoms with Crippen LogP contribution in [0.4, 0.5) is 5.13 Å². The zero-order chi connectivity index (χ0) is 15.5. The molecule has 0 aliphatic rings. The molecule has 1 heterocycles. The first-order valence-electron chi connectivity index (χ1n) is 5.79. The highest BCUT2D eigenvalue weighted by molar-refractivity contribution is 7.89. The lowest BCUT2D eigenvalue weighted by molar-refractivity contribution is 0.0595. The van der Waals surface area contributed by atoms with Gasteiger partial charge in [-0.15, -0.1) is 11.3 Å². The molecule has 2 aromatic rings. The SMILES string of the molecule is COC(=O)c1csc(NCc2ccc(S(N)(=O)=O)cc2)n1. The summed E-state index contributed by atoms with van der Waals surface area (Å²) in [4.78, 5) is 15.4. The maximum Gasteiger partial charge on any atom is 0.357 e. The van der Waals surface area contributed by atoms with E-state index in [1.54, 1.807) is 17.5 Å². The summed E-state index contributed by atoms with van der Waals surface area (Å²) in [5, 5.41) is 10.2. The number of ether oxygens (including phenoxy) is 1. The summed E-state index contributed by atoms with van der Waals surface area (Å²) in [6.45, 7) is 0.443. The average Bonchev–Trinajstić information content (AvgIpc) is 2.92. The highest BCUT2D eigenvalue weighted by Crippen LogP contribution is 2.17. The first kappa shape index (κ1) is 15.4. The van der Waals surface area contributed by atoms with Gasteiger partial charge in [0, 0.05) is 11.9 Å². The predicted molar refractivity (Wildman–Crippen MR) is 78.6 cm³/mol. The number of methoxy groups -OCH3 is 1. The number of nitrogens with two attached hydrogens (primary N) is 1. The highest BCUT2D eigenvalue weighted by atomic mass is 32.2. The Labute approximate surface area is 125 Å². The highest BCUT2D eigenvalue weighted by Gasteiger charge is 2.10. The summed E-state index contributed by atoms with van der Waals surface area (Å²) in [5.74, 6) is -0.489. The fourth-order valence-corrected chi connectivity index (χ4v) is 2.72. The van der Waals surface area contributed by atoms with Crippen molar-refractivity contribution in [2.45, 2.75) is 11.4 Å². The van der Waals surface area contributed by atoms with Gasteiger partial charge in [0.1, 0.15) is 0 Å². The van der Waals surface area contributed by atoms with E-state index < -0.39 is 16.0 Å². The van der Waals surface area contributed by atoms with E-state index in [1.807, 2.05) is 0 Å². The molecule has 1 aromatic heterocycles. The monoisotopic (exact) mass is 327 g/mol. The number of nitrogens with zero attached hydrogens (tertiary/aromatic N) is 1. The summed E-state index contributed by atoms with van der Waals surface area (Å²) >= 11 is 1.28. The van der Waals surface area contributed by atoms with Crippen LogP contribution in [-0.4, -0.2) is 26.5 Å². The molecule has 1 aromatic carbocycles. The molecule has 0 saturated heterocycles. The second kappa shape index (κ2) is 6.20. The van der Waals surface area contributed by atoms with Crippen molar-refractivity contribution in [2.24, 2.45) is 5.14 Å². The molecule has 0 saturated carbocycles. The first-order valence-corrected chi connectivity index (χ1v) is 8.22. The third kappa shape index (κ3) is 4.00. The first-order chi connectivity index (χ1) is 9.90. The van der Waals surface area contributed by atoms with Crippen LogP contribution < -0.4 is 10.5 Å². The summed E-state index contributed by atoms with van der Waals surface area (Å²) in [7, 11) is -2.38. The van der Waals surface area contributed by atoms with E-state index in [0.29, 0.717) is 11.7 Å². The van der Waals surface area contributed by atoms with Gasteiger partial charge in [0.2, 0.25) is 10.0 Å². The van der Waals surface area contributed by atoms with Gasteiger partial charge in [0.15, 0.2) is 10.8 Å². The van der Waals surface area contributed by atoms with Crippen LogP contribution in [0, 0.1) is 0 Å². The molecule has 0 radical (unpaired) electrons. The van der Waals surface area contributed by atoms with Gasteiger partial charge in [-0.1, -0.05) is 12.1 Å². The second-order valence-electron chi connectivity index (χ2n) is 4.07. The van der Waals surface area contributed by atoms with Crippen molar-refractivity contribution in [3.8, 4) is 0 Å². The van der Waals surface area contributed by atoms with Crippen molar-refractivity contribution >= 4 is 32.5 Å². The summed E-state index contributed by atoms with van der Waals surface area (Å²) in [6, 6.07) is 6.19. The average molecular weight is 327 g/mol. The molecule has 0 atom stereocenters. The number of anilines is 1. The Morgan fingerprint density at radius 3 is 2.62 bits per heavy atom. The topological polar surface area (TPSA) is 111 Å². The molecule has 0 amide bonds. The van der Waals surface area contributed by atoms with Crippen LogP contribution in [0.1, 0.15) is 16.1 Å². The number of rotatable bonds is 5. The minimum atomic E-state index is -3.68. The number of carbonyl (C=O) groups is 1. The maximum absolute atomic E-state index is 11.3. The van der Waals surface area contributed by atoms with Gasteiger partial charge in [-0.25, -0.2) is 23.3 Å². The Bertz CT molecular complexity index is 738. The van der Waals surface area contributed by atoms with Crippen LogP contribution in [0.3, 0.4) is 0 Å². The fourth-order valence-electron chi connectivity index (χ4n) is 1.53. The molecule has 0 aliphatic carbocycles. The standard InChI is InChI=1S/C12H13N3O4S2/c1-19-11(16)10-7-20-12(15-10)14-6-8-2-4-9(5-3-8)21(13,17)18/h2-5,7H,6H2,1H3,(H,14,15)(H2,13,17,18). The fraction of sp³-hybridized carbons (Fsp3) is 0.167. The lowest BCUT2D eigenvalue weighted by Gasteiger charge is -2.04. The Morgan fingerprint density at radius 1 is 1.38 bits per heavy atom. The molecule has 21 heavy (non-hydrogen) atoms. The number of aromatic nitrogens is 1. The molecule has 9 heteroatoms. The minimum Gasteiger partial charge on any atom is -0.464 e. The van der Waals surface area contributed by atoms with Gasteiger partial charge < -0.3 is 10.1 Å². The molecule has 0 spiro atoms. The van der Waals surface area contributed by atoms with Gasteiger partial charge in [-0.05, 0) is 17.7 Å².